The molecule has 1 aliphatic rings. The number of hydrogen-bond donors (Lipinski definition) is 2. The number of rotatable bonds is 6. The minimum Gasteiger partial charge on any atom is -0.468 e. The number of nitrogens with one attached hydrogen (secondary N) is 2. The van der Waals surface area contributed by atoms with Gasteiger partial charge in [-0.05, 0) is 19.3 Å². The monoisotopic (exact) mass is 314 g/mol. The molecular formula is C14H22N2O6. The van der Waals surface area contributed by atoms with E-state index in [-0.39, 0.29) is 36.7 Å². The molecule has 0 spiro atoms. The third kappa shape index (κ3) is 5.71. The predicted octanol–water partition coefficient (Wildman–Crippen LogP) is -0.629. The SMILES string of the molecule is COC(=O)CNC(=O)[C@@H]1CCC[C@@H](C(=O)NCC(=O)OC)C1. The molecule has 0 radical (unpaired) electrons. The molecule has 0 aromatic carbocycles. The molecule has 2 atom stereocenters. The largest absolute Gasteiger partial charge is 0.468 e. The van der Waals surface area contributed by atoms with E-state index in [1.807, 2.05) is 0 Å². The zero-order chi connectivity index (χ0) is 16.5. The molecule has 0 bridgehead atoms. The summed E-state index contributed by atoms with van der Waals surface area (Å²) in [4.78, 5) is 46.0. The number of hydrogen-bond acceptors (Lipinski definition) is 6. The Morgan fingerprint density at radius 1 is 0.864 bits per heavy atom. The maximum atomic E-state index is 12.0. The van der Waals surface area contributed by atoms with Crippen LogP contribution in [-0.2, 0) is 28.7 Å². The van der Waals surface area contributed by atoms with Crippen LogP contribution in [0.3, 0.4) is 0 Å². The van der Waals surface area contributed by atoms with Gasteiger partial charge in [0.15, 0.2) is 0 Å². The van der Waals surface area contributed by atoms with Crippen LogP contribution in [0.5, 0.6) is 0 Å². The molecule has 2 amide bonds. The van der Waals surface area contributed by atoms with Crippen LogP contribution in [0.4, 0.5) is 0 Å². The Kier molecular flexibility index (Phi) is 7.34. The molecular weight excluding hydrogens is 292 g/mol. The van der Waals surface area contributed by atoms with Gasteiger partial charge in [0.25, 0.3) is 0 Å². The van der Waals surface area contributed by atoms with Crippen molar-refractivity contribution in [3.05, 3.63) is 0 Å². The smallest absolute Gasteiger partial charge is 0.325 e. The second-order valence-corrected chi connectivity index (χ2v) is 5.15. The standard InChI is InChI=1S/C14H22N2O6/c1-21-11(17)7-15-13(19)9-4-3-5-10(6-9)14(20)16-8-12(18)22-2/h9-10H,3-8H2,1-2H3,(H,15,19)(H,16,20)/t9-,10-/m1/s1. The summed E-state index contributed by atoms with van der Waals surface area (Å²) in [5.74, 6) is -2.17. The number of ether oxygens (including phenoxy) is 2. The third-order valence-electron chi connectivity index (χ3n) is 3.69. The number of amides is 2. The number of carbonyl (C=O) groups excluding carboxylic acids is 4. The van der Waals surface area contributed by atoms with E-state index in [1.165, 1.54) is 14.2 Å². The van der Waals surface area contributed by atoms with Gasteiger partial charge in [-0.25, -0.2) is 0 Å². The van der Waals surface area contributed by atoms with Crippen molar-refractivity contribution in [2.75, 3.05) is 27.3 Å². The number of methoxy groups -OCH3 is 2. The lowest BCUT2D eigenvalue weighted by Gasteiger charge is -2.27. The number of esters is 2. The zero-order valence-corrected chi connectivity index (χ0v) is 12.8. The molecule has 1 aliphatic carbocycles. The lowest BCUT2D eigenvalue weighted by atomic mass is 9.80. The van der Waals surface area contributed by atoms with E-state index in [0.29, 0.717) is 19.3 Å². The summed E-state index contributed by atoms with van der Waals surface area (Å²) in [6.07, 6.45) is 2.49. The summed E-state index contributed by atoms with van der Waals surface area (Å²) in [6, 6.07) is 0. The molecule has 8 nitrogen and oxygen atoms in total. The minimum absolute atomic E-state index is 0.176. The third-order valence-corrected chi connectivity index (χ3v) is 3.69. The Hall–Kier alpha value is -2.12. The fourth-order valence-electron chi connectivity index (χ4n) is 2.42. The molecule has 0 unspecified atom stereocenters. The van der Waals surface area contributed by atoms with Gasteiger partial charge >= 0.3 is 11.9 Å². The lowest BCUT2D eigenvalue weighted by Crippen LogP contribution is -2.41. The van der Waals surface area contributed by atoms with E-state index in [2.05, 4.69) is 20.1 Å². The van der Waals surface area contributed by atoms with Crippen LogP contribution >= 0.6 is 0 Å². The number of carbonyl (C=O) groups is 4. The predicted molar refractivity (Wildman–Crippen MR) is 75.5 cm³/mol. The topological polar surface area (TPSA) is 111 Å². The minimum atomic E-state index is -0.517. The maximum Gasteiger partial charge on any atom is 0.325 e. The van der Waals surface area contributed by atoms with Gasteiger partial charge in [0.05, 0.1) is 14.2 Å². The van der Waals surface area contributed by atoms with Crippen LogP contribution in [-0.4, -0.2) is 51.1 Å². The molecule has 0 heterocycles. The first-order valence-corrected chi connectivity index (χ1v) is 7.17. The maximum absolute atomic E-state index is 12.0. The van der Waals surface area contributed by atoms with Gasteiger partial charge < -0.3 is 20.1 Å². The Balaban J connectivity index is 2.43. The second kappa shape index (κ2) is 9.01. The molecule has 0 saturated heterocycles. The highest BCUT2D eigenvalue weighted by Crippen LogP contribution is 2.29. The van der Waals surface area contributed by atoms with E-state index in [4.69, 9.17) is 0 Å². The summed E-state index contributed by atoms with van der Waals surface area (Å²) in [5, 5.41) is 5.01. The lowest BCUT2D eigenvalue weighted by molar-refractivity contribution is -0.142. The highest BCUT2D eigenvalue weighted by Gasteiger charge is 2.31. The van der Waals surface area contributed by atoms with Crippen molar-refractivity contribution < 1.29 is 28.7 Å². The molecule has 124 valence electrons. The average molecular weight is 314 g/mol. The van der Waals surface area contributed by atoms with Crippen molar-refractivity contribution in [3.63, 3.8) is 0 Å². The zero-order valence-electron chi connectivity index (χ0n) is 12.8. The van der Waals surface area contributed by atoms with Crippen molar-refractivity contribution in [2.45, 2.75) is 25.7 Å². The van der Waals surface area contributed by atoms with Gasteiger partial charge in [-0.15, -0.1) is 0 Å². The second-order valence-electron chi connectivity index (χ2n) is 5.15. The molecule has 0 aromatic rings. The Bertz CT molecular complexity index is 399. The van der Waals surface area contributed by atoms with Crippen molar-refractivity contribution in [3.8, 4) is 0 Å². The first-order chi connectivity index (χ1) is 10.5. The van der Waals surface area contributed by atoms with Crippen LogP contribution in [0, 0.1) is 11.8 Å². The van der Waals surface area contributed by atoms with Crippen molar-refractivity contribution in [1.82, 2.24) is 10.6 Å². The van der Waals surface area contributed by atoms with Crippen molar-refractivity contribution in [2.24, 2.45) is 11.8 Å². The molecule has 1 saturated carbocycles. The van der Waals surface area contributed by atoms with Crippen LogP contribution in [0.25, 0.3) is 0 Å². The highest BCUT2D eigenvalue weighted by atomic mass is 16.5. The summed E-state index contributed by atoms with van der Waals surface area (Å²) < 4.78 is 8.90. The molecule has 1 fully saturated rings. The molecule has 1 rings (SSSR count). The van der Waals surface area contributed by atoms with Gasteiger partial charge in [-0.1, -0.05) is 6.42 Å². The molecule has 8 heteroatoms. The average Bonchev–Trinajstić information content (AvgIpc) is 2.56. The van der Waals surface area contributed by atoms with Crippen LogP contribution in [0.1, 0.15) is 25.7 Å². The van der Waals surface area contributed by atoms with Gasteiger partial charge in [0.1, 0.15) is 13.1 Å². The molecule has 0 aliphatic heterocycles. The Morgan fingerprint density at radius 2 is 1.27 bits per heavy atom. The molecule has 0 aromatic heterocycles. The van der Waals surface area contributed by atoms with Crippen molar-refractivity contribution >= 4 is 23.8 Å². The summed E-state index contributed by atoms with van der Waals surface area (Å²) in [5.41, 5.74) is 0. The summed E-state index contributed by atoms with van der Waals surface area (Å²) in [6.45, 7) is -0.351. The molecule has 2 N–H and O–H groups in total. The quantitative estimate of drug-likeness (QED) is 0.632. The van der Waals surface area contributed by atoms with E-state index in [0.717, 1.165) is 6.42 Å². The van der Waals surface area contributed by atoms with Crippen LogP contribution < -0.4 is 10.6 Å². The summed E-state index contributed by atoms with van der Waals surface area (Å²) >= 11 is 0. The van der Waals surface area contributed by atoms with E-state index in [9.17, 15) is 19.2 Å². The van der Waals surface area contributed by atoms with Gasteiger partial charge in [-0.3, -0.25) is 19.2 Å². The van der Waals surface area contributed by atoms with E-state index in [1.54, 1.807) is 0 Å². The molecule has 22 heavy (non-hydrogen) atoms. The highest BCUT2D eigenvalue weighted by molar-refractivity contribution is 5.86. The normalized spacial score (nSPS) is 20.6. The Morgan fingerprint density at radius 3 is 1.64 bits per heavy atom. The van der Waals surface area contributed by atoms with Gasteiger partial charge in [0, 0.05) is 11.8 Å². The van der Waals surface area contributed by atoms with Gasteiger partial charge in [-0.2, -0.15) is 0 Å². The van der Waals surface area contributed by atoms with Crippen molar-refractivity contribution in [1.29, 1.82) is 0 Å². The summed E-state index contributed by atoms with van der Waals surface area (Å²) in [7, 11) is 2.49. The fraction of sp³-hybridized carbons (Fsp3) is 0.714. The first-order valence-electron chi connectivity index (χ1n) is 7.17. The van der Waals surface area contributed by atoms with E-state index >= 15 is 0 Å². The fourth-order valence-corrected chi connectivity index (χ4v) is 2.42. The first kappa shape index (κ1) is 17.9. The van der Waals surface area contributed by atoms with E-state index < -0.39 is 11.9 Å². The van der Waals surface area contributed by atoms with Gasteiger partial charge in [0.2, 0.25) is 11.8 Å². The van der Waals surface area contributed by atoms with Crippen LogP contribution in [0.2, 0.25) is 0 Å². The van der Waals surface area contributed by atoms with Crippen LogP contribution in [0.15, 0.2) is 0 Å². The Labute approximate surface area is 128 Å².